The number of hydrogen-bond donors (Lipinski definition) is 0. The summed E-state index contributed by atoms with van der Waals surface area (Å²) in [6.45, 7) is 0.155. The monoisotopic (exact) mass is 670 g/mol. The molecule has 2 fully saturated rings. The minimum atomic E-state index is -0.235. The quantitative estimate of drug-likeness (QED) is 0.218. The number of benzene rings is 4. The van der Waals surface area contributed by atoms with Crippen LogP contribution >= 0.6 is 46.4 Å². The summed E-state index contributed by atoms with van der Waals surface area (Å²) in [7, 11) is 3.60. The van der Waals surface area contributed by atoms with E-state index < -0.39 is 0 Å². The van der Waals surface area contributed by atoms with E-state index in [0.717, 1.165) is 22.3 Å². The van der Waals surface area contributed by atoms with E-state index in [-0.39, 0.29) is 49.3 Å². The summed E-state index contributed by atoms with van der Waals surface area (Å²) in [6, 6.07) is 29.6. The lowest BCUT2D eigenvalue weighted by Gasteiger charge is -2.39. The molecule has 2 heterocycles. The third kappa shape index (κ3) is 7.40. The highest BCUT2D eigenvalue weighted by Gasteiger charge is 2.37. The van der Waals surface area contributed by atoms with Gasteiger partial charge in [0.2, 0.25) is 11.8 Å². The Labute approximate surface area is 277 Å². The predicted octanol–water partition coefficient (Wildman–Crippen LogP) is 8.53. The molecule has 0 aliphatic carbocycles. The van der Waals surface area contributed by atoms with Gasteiger partial charge in [-0.3, -0.25) is 9.59 Å². The number of carbonyl (C=O) groups excluding carboxylic acids is 2. The van der Waals surface area contributed by atoms with Crippen molar-refractivity contribution in [3.63, 3.8) is 0 Å². The van der Waals surface area contributed by atoms with Gasteiger partial charge in [-0.15, -0.1) is 0 Å². The minimum absolute atomic E-state index is 0.0369. The lowest BCUT2D eigenvalue weighted by atomic mass is 9.93. The van der Waals surface area contributed by atoms with Crippen molar-refractivity contribution in [3.8, 4) is 0 Å². The molecule has 4 aromatic carbocycles. The molecular weight excluding hydrogens is 642 g/mol. The summed E-state index contributed by atoms with van der Waals surface area (Å²) in [6.07, 6.45) is -0.470. The van der Waals surface area contributed by atoms with Crippen LogP contribution in [-0.2, 0) is 19.1 Å². The smallest absolute Gasteiger partial charge is 0.248 e. The Morgan fingerprint density at radius 1 is 0.477 bits per heavy atom. The number of likely N-dealkylation sites (N-methyl/N-ethyl adjacent to an activating group) is 2. The second-order valence-electron chi connectivity index (χ2n) is 10.6. The van der Waals surface area contributed by atoms with Crippen LogP contribution in [-0.4, -0.2) is 48.9 Å². The molecule has 6 rings (SSSR count). The average molecular weight is 672 g/mol. The molecule has 2 amide bonds. The van der Waals surface area contributed by atoms with E-state index in [2.05, 4.69) is 0 Å². The number of nitrogens with zero attached hydrogens (tertiary/aromatic N) is 2. The van der Waals surface area contributed by atoms with Crippen LogP contribution in [0.5, 0.6) is 0 Å². The molecule has 1 unspecified atom stereocenters. The number of carbonyl (C=O) groups is 2. The van der Waals surface area contributed by atoms with Crippen molar-refractivity contribution in [2.45, 2.75) is 24.3 Å². The molecule has 0 saturated carbocycles. The van der Waals surface area contributed by atoms with E-state index in [4.69, 9.17) is 55.9 Å². The Kier molecular flexibility index (Phi) is 10.5. The molecule has 44 heavy (non-hydrogen) atoms. The first kappa shape index (κ1) is 32.3. The Morgan fingerprint density at radius 2 is 0.727 bits per heavy atom. The normalized spacial score (nSPS) is 22.0. The fourth-order valence-electron chi connectivity index (χ4n) is 5.40. The third-order valence-corrected chi connectivity index (χ3v) is 8.80. The second kappa shape index (κ2) is 14.3. The van der Waals surface area contributed by atoms with Gasteiger partial charge in [-0.05, 0) is 70.8 Å². The van der Waals surface area contributed by atoms with Gasteiger partial charge >= 0.3 is 0 Å². The maximum Gasteiger partial charge on any atom is 0.248 e. The van der Waals surface area contributed by atoms with Crippen molar-refractivity contribution >= 4 is 58.2 Å². The Balaban J connectivity index is 0.000000175. The summed E-state index contributed by atoms with van der Waals surface area (Å²) >= 11 is 23.8. The fourth-order valence-corrected chi connectivity index (χ4v) is 5.91. The standard InChI is InChI=1S/2C17H15Cl2NO2/c2*1-20-15(21)10-22-17(12-4-8-14(19)9-5-12)16(20)11-2-6-13(18)7-3-11/h2*2-9,16-17H,10H2,1H3/t16?,17-;16-,17+/m11/s1. The molecule has 0 radical (unpaired) electrons. The molecule has 0 bridgehead atoms. The molecular formula is C34H30Cl4N2O4. The first-order valence-electron chi connectivity index (χ1n) is 13.9. The van der Waals surface area contributed by atoms with Crippen molar-refractivity contribution < 1.29 is 19.1 Å². The molecule has 4 aromatic rings. The topological polar surface area (TPSA) is 59.1 Å². The zero-order valence-corrected chi connectivity index (χ0v) is 27.0. The lowest BCUT2D eigenvalue weighted by molar-refractivity contribution is -0.156. The Hall–Kier alpha value is -3.10. The third-order valence-electron chi connectivity index (χ3n) is 7.79. The Morgan fingerprint density at radius 3 is 1.00 bits per heavy atom. The van der Waals surface area contributed by atoms with Gasteiger partial charge in [-0.25, -0.2) is 0 Å². The molecule has 0 spiro atoms. The molecule has 2 aliphatic rings. The van der Waals surface area contributed by atoms with Crippen molar-refractivity contribution in [1.82, 2.24) is 9.80 Å². The first-order chi connectivity index (χ1) is 21.1. The molecule has 10 heteroatoms. The molecule has 6 nitrogen and oxygen atoms in total. The van der Waals surface area contributed by atoms with Gasteiger partial charge in [0.25, 0.3) is 0 Å². The van der Waals surface area contributed by atoms with Crippen LogP contribution in [0.3, 0.4) is 0 Å². The van der Waals surface area contributed by atoms with Gasteiger partial charge in [0, 0.05) is 34.2 Å². The summed E-state index contributed by atoms with van der Waals surface area (Å²) in [4.78, 5) is 27.5. The molecule has 228 valence electrons. The minimum Gasteiger partial charge on any atom is -0.361 e. The van der Waals surface area contributed by atoms with Gasteiger partial charge in [-0.1, -0.05) is 94.9 Å². The van der Waals surface area contributed by atoms with E-state index in [0.29, 0.717) is 20.1 Å². The SMILES string of the molecule is CN1C(=O)CO[C@@H](c2ccc(Cl)cc2)[C@H]1c1ccc(Cl)cc1.CN1C(=O)CO[C@H](c2ccc(Cl)cc2)C1c1ccc(Cl)cc1. The second-order valence-corrected chi connectivity index (χ2v) is 12.3. The molecule has 2 aliphatic heterocycles. The lowest BCUT2D eigenvalue weighted by Crippen LogP contribution is -2.43. The highest BCUT2D eigenvalue weighted by molar-refractivity contribution is 6.31. The van der Waals surface area contributed by atoms with Crippen LogP contribution in [0.1, 0.15) is 46.5 Å². The highest BCUT2D eigenvalue weighted by Crippen LogP contribution is 2.41. The first-order valence-corrected chi connectivity index (χ1v) is 15.4. The van der Waals surface area contributed by atoms with Gasteiger partial charge < -0.3 is 19.3 Å². The van der Waals surface area contributed by atoms with Gasteiger partial charge in [-0.2, -0.15) is 0 Å². The number of halogens is 4. The highest BCUT2D eigenvalue weighted by atomic mass is 35.5. The number of ether oxygens (including phenoxy) is 2. The molecule has 0 N–H and O–H groups in total. The number of hydrogen-bond acceptors (Lipinski definition) is 4. The van der Waals surface area contributed by atoms with E-state index in [9.17, 15) is 9.59 Å². The zero-order chi connectivity index (χ0) is 31.4. The largest absolute Gasteiger partial charge is 0.361 e. The van der Waals surface area contributed by atoms with E-state index in [1.54, 1.807) is 23.9 Å². The number of amides is 2. The summed E-state index contributed by atoms with van der Waals surface area (Å²) in [5.74, 6) is -0.0738. The van der Waals surface area contributed by atoms with E-state index >= 15 is 0 Å². The maximum absolute atomic E-state index is 12.0. The van der Waals surface area contributed by atoms with Crippen LogP contribution in [0.2, 0.25) is 20.1 Å². The van der Waals surface area contributed by atoms with Crippen LogP contribution in [0, 0.1) is 0 Å². The van der Waals surface area contributed by atoms with Gasteiger partial charge in [0.1, 0.15) is 25.4 Å². The molecule has 0 aromatic heterocycles. The van der Waals surface area contributed by atoms with Crippen molar-refractivity contribution in [1.29, 1.82) is 0 Å². The van der Waals surface area contributed by atoms with Crippen molar-refractivity contribution in [3.05, 3.63) is 139 Å². The van der Waals surface area contributed by atoms with E-state index in [1.165, 1.54) is 0 Å². The van der Waals surface area contributed by atoms with Crippen LogP contribution in [0.4, 0.5) is 0 Å². The Bertz CT molecular complexity index is 1460. The van der Waals surface area contributed by atoms with E-state index in [1.807, 2.05) is 97.1 Å². The predicted molar refractivity (Wildman–Crippen MR) is 174 cm³/mol. The zero-order valence-electron chi connectivity index (χ0n) is 24.0. The molecule has 4 atom stereocenters. The van der Waals surface area contributed by atoms with Gasteiger partial charge in [0.15, 0.2) is 0 Å². The van der Waals surface area contributed by atoms with Gasteiger partial charge in [0.05, 0.1) is 12.1 Å². The maximum atomic E-state index is 12.0. The van der Waals surface area contributed by atoms with Crippen LogP contribution in [0.15, 0.2) is 97.1 Å². The fraction of sp³-hybridized carbons (Fsp3) is 0.235. The van der Waals surface area contributed by atoms with Crippen LogP contribution < -0.4 is 0 Å². The van der Waals surface area contributed by atoms with Crippen molar-refractivity contribution in [2.24, 2.45) is 0 Å². The molecule has 2 saturated heterocycles. The van der Waals surface area contributed by atoms with Crippen molar-refractivity contribution in [2.75, 3.05) is 27.3 Å². The van der Waals surface area contributed by atoms with Crippen LogP contribution in [0.25, 0.3) is 0 Å². The average Bonchev–Trinajstić information content (AvgIpc) is 3.02. The summed E-state index contributed by atoms with van der Waals surface area (Å²) in [5, 5.41) is 2.68. The summed E-state index contributed by atoms with van der Waals surface area (Å²) < 4.78 is 11.6. The summed E-state index contributed by atoms with van der Waals surface area (Å²) in [5.41, 5.74) is 3.95. The number of morpholine rings is 2. The number of rotatable bonds is 4.